The van der Waals surface area contributed by atoms with Crippen molar-refractivity contribution in [2.45, 2.75) is 12.3 Å². The zero-order valence-corrected chi connectivity index (χ0v) is 9.72. The second kappa shape index (κ2) is 3.95. The van der Waals surface area contributed by atoms with E-state index in [4.69, 9.17) is 28.9 Å². The van der Waals surface area contributed by atoms with Gasteiger partial charge in [-0.1, -0.05) is 29.3 Å². The maximum absolute atomic E-state index is 9.28. The first-order valence-corrected chi connectivity index (χ1v) is 5.64. The van der Waals surface area contributed by atoms with Gasteiger partial charge in [0, 0.05) is 22.0 Å². The van der Waals surface area contributed by atoms with E-state index in [2.05, 4.69) is 0 Å². The van der Waals surface area contributed by atoms with Crippen molar-refractivity contribution in [2.75, 3.05) is 13.2 Å². The zero-order chi connectivity index (χ0) is 11.1. The summed E-state index contributed by atoms with van der Waals surface area (Å²) in [6.45, 7) is 0.611. The summed E-state index contributed by atoms with van der Waals surface area (Å²) in [6.07, 6.45) is 0.904. The van der Waals surface area contributed by atoms with Crippen LogP contribution in [0.25, 0.3) is 0 Å². The zero-order valence-electron chi connectivity index (χ0n) is 8.21. The molecule has 1 aromatic carbocycles. The van der Waals surface area contributed by atoms with E-state index < -0.39 is 0 Å². The molecule has 0 saturated heterocycles. The quantitative estimate of drug-likeness (QED) is 0.860. The van der Waals surface area contributed by atoms with Gasteiger partial charge in [-0.25, -0.2) is 0 Å². The third-order valence-electron chi connectivity index (χ3n) is 3.25. The third-order valence-corrected chi connectivity index (χ3v) is 3.81. The highest BCUT2D eigenvalue weighted by Crippen LogP contribution is 2.59. The van der Waals surface area contributed by atoms with Crippen molar-refractivity contribution in [3.05, 3.63) is 33.8 Å². The van der Waals surface area contributed by atoms with E-state index in [-0.39, 0.29) is 17.9 Å². The molecule has 82 valence electrons. The Morgan fingerprint density at radius 3 is 2.67 bits per heavy atom. The number of hydrogen-bond acceptors (Lipinski definition) is 2. The number of halogens is 2. The van der Waals surface area contributed by atoms with E-state index in [1.807, 2.05) is 12.1 Å². The van der Waals surface area contributed by atoms with Gasteiger partial charge in [-0.05, 0) is 30.0 Å². The SMILES string of the molecule is NC[C@]1(CO)C[C@@H]1c1ccc(Cl)cc1Cl. The van der Waals surface area contributed by atoms with Crippen LogP contribution < -0.4 is 5.73 Å². The van der Waals surface area contributed by atoms with E-state index in [0.717, 1.165) is 12.0 Å². The Labute approximate surface area is 99.0 Å². The van der Waals surface area contributed by atoms with Crippen LogP contribution in [0.4, 0.5) is 0 Å². The first-order chi connectivity index (χ1) is 7.13. The van der Waals surface area contributed by atoms with Crippen molar-refractivity contribution in [3.63, 3.8) is 0 Å². The highest BCUT2D eigenvalue weighted by atomic mass is 35.5. The van der Waals surface area contributed by atoms with Gasteiger partial charge in [-0.3, -0.25) is 0 Å². The molecule has 2 nitrogen and oxygen atoms in total. The molecule has 0 aliphatic heterocycles. The van der Waals surface area contributed by atoms with Gasteiger partial charge in [0.05, 0.1) is 6.61 Å². The molecule has 0 radical (unpaired) electrons. The molecule has 1 aliphatic carbocycles. The Hall–Kier alpha value is -0.280. The molecular weight excluding hydrogens is 233 g/mol. The molecule has 15 heavy (non-hydrogen) atoms. The minimum absolute atomic E-state index is 0.118. The predicted octanol–water partition coefficient (Wildman–Crippen LogP) is 2.42. The molecule has 3 N–H and O–H groups in total. The summed E-state index contributed by atoms with van der Waals surface area (Å²) in [6, 6.07) is 5.47. The lowest BCUT2D eigenvalue weighted by Crippen LogP contribution is -2.21. The van der Waals surface area contributed by atoms with Crippen LogP contribution in [-0.2, 0) is 0 Å². The standard InChI is InChI=1S/C11H13Cl2NO/c12-7-1-2-8(10(13)3-7)9-4-11(9,5-14)6-15/h1-3,9,15H,4-6,14H2/t9-,11+/m1/s1. The third kappa shape index (κ3) is 1.87. The van der Waals surface area contributed by atoms with Crippen LogP contribution in [0.1, 0.15) is 17.9 Å². The predicted molar refractivity (Wildman–Crippen MR) is 62.4 cm³/mol. The number of nitrogens with two attached hydrogens (primary N) is 1. The van der Waals surface area contributed by atoms with Gasteiger partial charge in [0.2, 0.25) is 0 Å². The Kier molecular flexibility index (Phi) is 2.95. The molecule has 4 heteroatoms. The second-order valence-corrected chi connectivity index (χ2v) is 4.99. The van der Waals surface area contributed by atoms with Gasteiger partial charge in [-0.15, -0.1) is 0 Å². The minimum Gasteiger partial charge on any atom is -0.396 e. The normalized spacial score (nSPS) is 29.2. The number of aliphatic hydroxyl groups is 1. The molecule has 1 aliphatic rings. The van der Waals surface area contributed by atoms with Crippen molar-refractivity contribution in [2.24, 2.45) is 11.1 Å². The number of benzene rings is 1. The molecule has 0 bridgehead atoms. The van der Waals surface area contributed by atoms with Crippen LogP contribution >= 0.6 is 23.2 Å². The van der Waals surface area contributed by atoms with Gasteiger partial charge in [0.1, 0.15) is 0 Å². The number of rotatable bonds is 3. The van der Waals surface area contributed by atoms with Crippen LogP contribution in [0.15, 0.2) is 18.2 Å². The summed E-state index contributed by atoms with van der Waals surface area (Å²) in [5.41, 5.74) is 6.54. The lowest BCUT2D eigenvalue weighted by molar-refractivity contribution is 0.211. The van der Waals surface area contributed by atoms with Crippen LogP contribution in [0, 0.1) is 5.41 Å². The largest absolute Gasteiger partial charge is 0.396 e. The molecule has 0 aromatic heterocycles. The van der Waals surface area contributed by atoms with Crippen molar-refractivity contribution in [1.29, 1.82) is 0 Å². The molecule has 1 saturated carbocycles. The monoisotopic (exact) mass is 245 g/mol. The fourth-order valence-electron chi connectivity index (χ4n) is 2.04. The first-order valence-electron chi connectivity index (χ1n) is 4.89. The van der Waals surface area contributed by atoms with Crippen LogP contribution in [0.5, 0.6) is 0 Å². The van der Waals surface area contributed by atoms with Gasteiger partial charge >= 0.3 is 0 Å². The lowest BCUT2D eigenvalue weighted by atomic mass is 10.00. The maximum atomic E-state index is 9.28. The maximum Gasteiger partial charge on any atom is 0.0505 e. The van der Waals surface area contributed by atoms with Gasteiger partial charge < -0.3 is 10.8 Å². The molecule has 2 rings (SSSR count). The summed E-state index contributed by atoms with van der Waals surface area (Å²) >= 11 is 11.9. The Morgan fingerprint density at radius 1 is 1.47 bits per heavy atom. The van der Waals surface area contributed by atoms with Crippen molar-refractivity contribution < 1.29 is 5.11 Å². The highest BCUT2D eigenvalue weighted by Gasteiger charge is 2.53. The fourth-order valence-corrected chi connectivity index (χ4v) is 2.58. The molecule has 0 heterocycles. The van der Waals surface area contributed by atoms with Gasteiger partial charge in [0.15, 0.2) is 0 Å². The summed E-state index contributed by atoms with van der Waals surface area (Å²) < 4.78 is 0. The van der Waals surface area contributed by atoms with Crippen LogP contribution in [0.2, 0.25) is 10.0 Å². The van der Waals surface area contributed by atoms with E-state index in [0.29, 0.717) is 16.6 Å². The van der Waals surface area contributed by atoms with E-state index in [1.165, 1.54) is 0 Å². The number of hydrogen-bond donors (Lipinski definition) is 2. The summed E-state index contributed by atoms with van der Waals surface area (Å²) in [5.74, 6) is 0.275. The molecule has 1 fully saturated rings. The fraction of sp³-hybridized carbons (Fsp3) is 0.455. The Bertz CT molecular complexity index is 377. The smallest absolute Gasteiger partial charge is 0.0505 e. The van der Waals surface area contributed by atoms with Crippen molar-refractivity contribution >= 4 is 23.2 Å². The van der Waals surface area contributed by atoms with Crippen LogP contribution in [-0.4, -0.2) is 18.3 Å². The summed E-state index contributed by atoms with van der Waals surface area (Å²) in [4.78, 5) is 0. The molecule has 0 spiro atoms. The highest BCUT2D eigenvalue weighted by molar-refractivity contribution is 6.35. The van der Waals surface area contributed by atoms with E-state index in [9.17, 15) is 5.11 Å². The van der Waals surface area contributed by atoms with Gasteiger partial charge in [0.25, 0.3) is 0 Å². The number of aliphatic hydroxyl groups excluding tert-OH is 1. The molecule has 0 amide bonds. The Balaban J connectivity index is 2.26. The molecular formula is C11H13Cl2NO. The average Bonchev–Trinajstić information content (AvgIpc) is 2.93. The van der Waals surface area contributed by atoms with Crippen LogP contribution in [0.3, 0.4) is 0 Å². The molecule has 1 aromatic rings. The summed E-state index contributed by atoms with van der Waals surface area (Å²) in [7, 11) is 0. The van der Waals surface area contributed by atoms with E-state index >= 15 is 0 Å². The van der Waals surface area contributed by atoms with Crippen molar-refractivity contribution in [3.8, 4) is 0 Å². The Morgan fingerprint density at radius 2 is 2.20 bits per heavy atom. The first kappa shape index (κ1) is 11.2. The molecule has 0 unspecified atom stereocenters. The average molecular weight is 246 g/mol. The topological polar surface area (TPSA) is 46.2 Å². The molecule has 2 atom stereocenters. The minimum atomic E-state index is -0.155. The summed E-state index contributed by atoms with van der Waals surface area (Å²) in [5, 5.41) is 10.6. The van der Waals surface area contributed by atoms with Gasteiger partial charge in [-0.2, -0.15) is 0 Å². The van der Waals surface area contributed by atoms with E-state index in [1.54, 1.807) is 6.07 Å². The second-order valence-electron chi connectivity index (χ2n) is 4.15. The van der Waals surface area contributed by atoms with Crippen molar-refractivity contribution in [1.82, 2.24) is 0 Å². The lowest BCUT2D eigenvalue weighted by Gasteiger charge is -2.12.